The molecule has 0 spiro atoms. The van der Waals surface area contributed by atoms with E-state index in [4.69, 9.17) is 0 Å². The second-order valence-electron chi connectivity index (χ2n) is 8.72. The molecule has 0 unspecified atom stereocenters. The van der Waals surface area contributed by atoms with Gasteiger partial charge in [0.05, 0.1) is 11.2 Å². The third-order valence-corrected chi connectivity index (χ3v) is 5.61. The SMILES string of the molecule is Cc1cc(C)cc(C(=O)N2CCN(C(=O)c3ncn(-c4ccccc4)n3)C(C)(C)C2)c1. The van der Waals surface area contributed by atoms with Gasteiger partial charge in [-0.15, -0.1) is 5.10 Å². The number of carbonyl (C=O) groups is 2. The van der Waals surface area contributed by atoms with E-state index in [1.54, 1.807) is 15.9 Å². The van der Waals surface area contributed by atoms with Gasteiger partial charge in [0, 0.05) is 25.2 Å². The summed E-state index contributed by atoms with van der Waals surface area (Å²) < 4.78 is 1.60. The Hall–Kier alpha value is -3.48. The molecule has 1 saturated heterocycles. The summed E-state index contributed by atoms with van der Waals surface area (Å²) in [6, 6.07) is 15.4. The first-order chi connectivity index (χ1) is 14.7. The zero-order chi connectivity index (χ0) is 22.2. The first-order valence-corrected chi connectivity index (χ1v) is 10.4. The minimum atomic E-state index is -0.540. The van der Waals surface area contributed by atoms with Crippen LogP contribution in [0.15, 0.2) is 54.9 Å². The Morgan fingerprint density at radius 1 is 0.935 bits per heavy atom. The summed E-state index contributed by atoms with van der Waals surface area (Å²) in [5.41, 5.74) is 3.13. The quantitative estimate of drug-likeness (QED) is 0.656. The van der Waals surface area contributed by atoms with Crippen LogP contribution < -0.4 is 0 Å². The highest BCUT2D eigenvalue weighted by molar-refractivity contribution is 5.95. The van der Waals surface area contributed by atoms with Crippen LogP contribution in [0, 0.1) is 13.8 Å². The average molecular weight is 418 g/mol. The van der Waals surface area contributed by atoms with Gasteiger partial charge in [-0.25, -0.2) is 9.67 Å². The van der Waals surface area contributed by atoms with E-state index in [1.165, 1.54) is 0 Å². The summed E-state index contributed by atoms with van der Waals surface area (Å²) in [5.74, 6) is -0.0670. The molecule has 0 radical (unpaired) electrons. The molecule has 2 aromatic carbocycles. The van der Waals surface area contributed by atoms with E-state index >= 15 is 0 Å². The van der Waals surface area contributed by atoms with E-state index in [0.717, 1.165) is 16.8 Å². The van der Waals surface area contributed by atoms with Gasteiger partial charge in [0.15, 0.2) is 0 Å². The molecule has 0 atom stereocenters. The lowest BCUT2D eigenvalue weighted by molar-refractivity contribution is 0.0160. The van der Waals surface area contributed by atoms with Gasteiger partial charge in [0.25, 0.3) is 11.8 Å². The van der Waals surface area contributed by atoms with Gasteiger partial charge >= 0.3 is 0 Å². The molecule has 31 heavy (non-hydrogen) atoms. The number of amides is 2. The van der Waals surface area contributed by atoms with Crippen molar-refractivity contribution < 1.29 is 9.59 Å². The summed E-state index contributed by atoms with van der Waals surface area (Å²) in [5, 5.41) is 4.38. The molecule has 0 saturated carbocycles. The van der Waals surface area contributed by atoms with Crippen LogP contribution in [0.1, 0.15) is 46.0 Å². The zero-order valence-electron chi connectivity index (χ0n) is 18.4. The molecule has 1 aromatic heterocycles. The van der Waals surface area contributed by atoms with E-state index in [9.17, 15) is 9.59 Å². The van der Waals surface area contributed by atoms with Crippen molar-refractivity contribution in [3.8, 4) is 5.69 Å². The van der Waals surface area contributed by atoms with Crippen LogP contribution in [-0.2, 0) is 0 Å². The first-order valence-electron chi connectivity index (χ1n) is 10.4. The van der Waals surface area contributed by atoms with Crippen LogP contribution in [0.5, 0.6) is 0 Å². The van der Waals surface area contributed by atoms with Crippen molar-refractivity contribution in [1.29, 1.82) is 0 Å². The Balaban J connectivity index is 1.50. The van der Waals surface area contributed by atoms with Gasteiger partial charge in [-0.3, -0.25) is 9.59 Å². The summed E-state index contributed by atoms with van der Waals surface area (Å²) in [4.78, 5) is 34.1. The minimum absolute atomic E-state index is 0.00143. The molecule has 7 heteroatoms. The standard InChI is InChI=1S/C24H27N5O2/c1-17-12-18(2)14-19(13-17)22(30)27-10-11-28(24(3,4)15-27)23(31)21-25-16-29(26-21)20-8-6-5-7-9-20/h5-9,12-14,16H,10-11,15H2,1-4H3. The molecular formula is C24H27N5O2. The van der Waals surface area contributed by atoms with Crippen LogP contribution in [-0.4, -0.2) is 61.6 Å². The number of rotatable bonds is 3. The van der Waals surface area contributed by atoms with Crippen molar-refractivity contribution >= 4 is 11.8 Å². The molecule has 7 nitrogen and oxygen atoms in total. The fourth-order valence-electron chi connectivity index (χ4n) is 4.17. The van der Waals surface area contributed by atoms with E-state index in [0.29, 0.717) is 25.2 Å². The van der Waals surface area contributed by atoms with Crippen molar-refractivity contribution in [2.75, 3.05) is 19.6 Å². The molecule has 0 aliphatic carbocycles. The third-order valence-electron chi connectivity index (χ3n) is 5.61. The topological polar surface area (TPSA) is 71.3 Å². The molecule has 2 amide bonds. The molecule has 1 aliphatic rings. The summed E-state index contributed by atoms with van der Waals surface area (Å²) >= 11 is 0. The van der Waals surface area contributed by atoms with E-state index in [1.807, 2.05) is 75.1 Å². The molecule has 4 rings (SSSR count). The summed E-state index contributed by atoms with van der Waals surface area (Å²) in [7, 11) is 0. The third kappa shape index (κ3) is 4.21. The van der Waals surface area contributed by atoms with Crippen molar-refractivity contribution in [2.45, 2.75) is 33.2 Å². The number of hydrogen-bond donors (Lipinski definition) is 0. The fourth-order valence-corrected chi connectivity index (χ4v) is 4.17. The molecule has 1 fully saturated rings. The number of benzene rings is 2. The minimum Gasteiger partial charge on any atom is -0.335 e. The van der Waals surface area contributed by atoms with Gasteiger partial charge in [-0.05, 0) is 52.0 Å². The molecule has 0 N–H and O–H groups in total. The smallest absolute Gasteiger partial charge is 0.294 e. The zero-order valence-corrected chi connectivity index (χ0v) is 18.4. The van der Waals surface area contributed by atoms with Crippen LogP contribution in [0.2, 0.25) is 0 Å². The number of aryl methyl sites for hydroxylation is 2. The summed E-state index contributed by atoms with van der Waals surface area (Å²) in [6.07, 6.45) is 1.55. The lowest BCUT2D eigenvalue weighted by Crippen LogP contribution is -2.62. The molecule has 2 heterocycles. The highest BCUT2D eigenvalue weighted by Gasteiger charge is 2.40. The molecule has 1 aliphatic heterocycles. The Morgan fingerprint density at radius 3 is 2.26 bits per heavy atom. The molecular weight excluding hydrogens is 390 g/mol. The fraction of sp³-hybridized carbons (Fsp3) is 0.333. The van der Waals surface area contributed by atoms with Gasteiger partial charge in [0.2, 0.25) is 5.82 Å². The largest absolute Gasteiger partial charge is 0.335 e. The second kappa shape index (κ2) is 7.98. The van der Waals surface area contributed by atoms with E-state index < -0.39 is 5.54 Å². The van der Waals surface area contributed by atoms with Crippen molar-refractivity contribution in [3.63, 3.8) is 0 Å². The lowest BCUT2D eigenvalue weighted by Gasteiger charge is -2.46. The van der Waals surface area contributed by atoms with Crippen LogP contribution in [0.3, 0.4) is 0 Å². The van der Waals surface area contributed by atoms with Gasteiger partial charge in [-0.2, -0.15) is 0 Å². The highest BCUT2D eigenvalue weighted by atomic mass is 16.2. The average Bonchev–Trinajstić information content (AvgIpc) is 3.22. The number of piperazine rings is 1. The Labute approximate surface area is 182 Å². The maximum atomic E-state index is 13.2. The Bertz CT molecular complexity index is 1100. The predicted molar refractivity (Wildman–Crippen MR) is 118 cm³/mol. The summed E-state index contributed by atoms with van der Waals surface area (Å²) in [6.45, 7) is 9.28. The maximum absolute atomic E-state index is 13.2. The van der Waals surface area contributed by atoms with Crippen LogP contribution in [0.25, 0.3) is 5.69 Å². The van der Waals surface area contributed by atoms with Crippen LogP contribution >= 0.6 is 0 Å². The monoisotopic (exact) mass is 417 g/mol. The maximum Gasteiger partial charge on any atom is 0.294 e. The van der Waals surface area contributed by atoms with Crippen molar-refractivity contribution in [1.82, 2.24) is 24.6 Å². The van der Waals surface area contributed by atoms with Crippen molar-refractivity contribution in [2.24, 2.45) is 0 Å². The molecule has 160 valence electrons. The number of para-hydroxylation sites is 1. The van der Waals surface area contributed by atoms with Crippen molar-refractivity contribution in [3.05, 3.63) is 77.4 Å². The molecule has 3 aromatic rings. The van der Waals surface area contributed by atoms with Gasteiger partial charge in [-0.1, -0.05) is 35.4 Å². The highest BCUT2D eigenvalue weighted by Crippen LogP contribution is 2.24. The predicted octanol–water partition coefficient (Wildman–Crippen LogP) is 3.26. The van der Waals surface area contributed by atoms with Crippen LogP contribution in [0.4, 0.5) is 0 Å². The van der Waals surface area contributed by atoms with E-state index in [2.05, 4.69) is 16.1 Å². The number of hydrogen-bond acceptors (Lipinski definition) is 4. The second-order valence-corrected chi connectivity index (χ2v) is 8.72. The normalized spacial score (nSPS) is 15.7. The molecule has 0 bridgehead atoms. The van der Waals surface area contributed by atoms with Gasteiger partial charge < -0.3 is 9.80 Å². The number of aromatic nitrogens is 3. The lowest BCUT2D eigenvalue weighted by atomic mass is 9.97. The van der Waals surface area contributed by atoms with E-state index in [-0.39, 0.29) is 17.6 Å². The Morgan fingerprint density at radius 2 is 1.61 bits per heavy atom. The van der Waals surface area contributed by atoms with Gasteiger partial charge in [0.1, 0.15) is 6.33 Å². The number of carbonyl (C=O) groups excluding carboxylic acids is 2. The number of nitrogens with zero attached hydrogens (tertiary/aromatic N) is 5. The first kappa shape index (κ1) is 20.8. The Kier molecular flexibility index (Phi) is 5.35.